The molecule has 0 aliphatic rings. The van der Waals surface area contributed by atoms with Crippen LogP contribution in [0.4, 0.5) is 14.5 Å². The van der Waals surface area contributed by atoms with Gasteiger partial charge in [0.25, 0.3) is 5.91 Å². The van der Waals surface area contributed by atoms with Crippen LogP contribution in [0.1, 0.15) is 24.2 Å². The Hall–Kier alpha value is -2.09. The number of amides is 1. The average molecular weight is 302 g/mol. The molecule has 0 fully saturated rings. The maximum Gasteiger partial charge on any atom is 0.308 e. The van der Waals surface area contributed by atoms with Crippen LogP contribution in [0, 0.1) is 21.7 Å². The lowest BCUT2D eigenvalue weighted by Crippen LogP contribution is -2.34. The SMILES string of the molecule is CCOCCN(CC)C(=O)c1cc(F)cc([N+](=O)[O-])c1F. The zero-order chi connectivity index (χ0) is 16.0. The third-order valence-electron chi connectivity index (χ3n) is 2.82. The Balaban J connectivity index is 3.07. The topological polar surface area (TPSA) is 72.7 Å². The minimum absolute atomic E-state index is 0.187. The van der Waals surface area contributed by atoms with Gasteiger partial charge in [-0.05, 0) is 19.9 Å². The van der Waals surface area contributed by atoms with Crippen LogP contribution in [0.2, 0.25) is 0 Å². The lowest BCUT2D eigenvalue weighted by atomic mass is 10.1. The number of ether oxygens (including phenoxy) is 1. The van der Waals surface area contributed by atoms with Crippen LogP contribution in [-0.4, -0.2) is 42.0 Å². The van der Waals surface area contributed by atoms with Crippen LogP contribution in [0.15, 0.2) is 12.1 Å². The lowest BCUT2D eigenvalue weighted by molar-refractivity contribution is -0.387. The molecule has 0 unspecified atom stereocenters. The van der Waals surface area contributed by atoms with E-state index in [0.717, 1.165) is 0 Å². The second-order valence-corrected chi connectivity index (χ2v) is 4.13. The molecule has 0 heterocycles. The van der Waals surface area contributed by atoms with Gasteiger partial charge in [0.2, 0.25) is 5.82 Å². The van der Waals surface area contributed by atoms with E-state index in [1.807, 2.05) is 0 Å². The van der Waals surface area contributed by atoms with E-state index in [2.05, 4.69) is 0 Å². The van der Waals surface area contributed by atoms with E-state index in [1.165, 1.54) is 4.90 Å². The first kappa shape index (κ1) is 17.0. The summed E-state index contributed by atoms with van der Waals surface area (Å²) in [7, 11) is 0. The Labute approximate surface area is 120 Å². The summed E-state index contributed by atoms with van der Waals surface area (Å²) in [6.07, 6.45) is 0. The number of hydrogen-bond donors (Lipinski definition) is 0. The molecule has 0 aliphatic carbocycles. The van der Waals surface area contributed by atoms with Crippen molar-refractivity contribution in [3.8, 4) is 0 Å². The highest BCUT2D eigenvalue weighted by molar-refractivity contribution is 5.95. The van der Waals surface area contributed by atoms with E-state index in [0.29, 0.717) is 18.7 Å². The minimum Gasteiger partial charge on any atom is -0.380 e. The van der Waals surface area contributed by atoms with Gasteiger partial charge in [-0.25, -0.2) is 4.39 Å². The second kappa shape index (κ2) is 7.63. The third-order valence-corrected chi connectivity index (χ3v) is 2.82. The molecule has 1 rings (SSSR count). The molecule has 0 saturated carbocycles. The second-order valence-electron chi connectivity index (χ2n) is 4.13. The number of hydrogen-bond acceptors (Lipinski definition) is 4. The van der Waals surface area contributed by atoms with Gasteiger partial charge in [-0.2, -0.15) is 4.39 Å². The molecule has 0 atom stereocenters. The fourth-order valence-corrected chi connectivity index (χ4v) is 1.76. The van der Waals surface area contributed by atoms with Gasteiger partial charge >= 0.3 is 5.69 Å². The predicted octanol–water partition coefficient (Wildman–Crippen LogP) is 2.37. The van der Waals surface area contributed by atoms with Gasteiger partial charge in [0, 0.05) is 19.7 Å². The Morgan fingerprint density at radius 2 is 2.05 bits per heavy atom. The zero-order valence-electron chi connectivity index (χ0n) is 11.8. The first-order valence-electron chi connectivity index (χ1n) is 6.42. The number of rotatable bonds is 7. The van der Waals surface area contributed by atoms with Gasteiger partial charge in [-0.3, -0.25) is 14.9 Å². The van der Waals surface area contributed by atoms with Gasteiger partial charge in [0.1, 0.15) is 5.82 Å². The number of benzene rings is 1. The van der Waals surface area contributed by atoms with E-state index in [9.17, 15) is 23.7 Å². The molecule has 0 saturated heterocycles. The number of nitro benzene ring substituents is 1. The van der Waals surface area contributed by atoms with Crippen molar-refractivity contribution in [2.75, 3.05) is 26.3 Å². The van der Waals surface area contributed by atoms with E-state index in [1.54, 1.807) is 13.8 Å². The number of likely N-dealkylation sites (N-methyl/N-ethyl adjacent to an activating group) is 1. The zero-order valence-corrected chi connectivity index (χ0v) is 11.8. The van der Waals surface area contributed by atoms with E-state index < -0.39 is 33.7 Å². The smallest absolute Gasteiger partial charge is 0.308 e. The number of nitro groups is 1. The molecule has 21 heavy (non-hydrogen) atoms. The Morgan fingerprint density at radius 1 is 1.38 bits per heavy atom. The van der Waals surface area contributed by atoms with Crippen molar-refractivity contribution in [2.24, 2.45) is 0 Å². The van der Waals surface area contributed by atoms with Crippen LogP contribution in [0.3, 0.4) is 0 Å². The van der Waals surface area contributed by atoms with Crippen LogP contribution in [0.5, 0.6) is 0 Å². The molecule has 0 radical (unpaired) electrons. The number of carbonyl (C=O) groups is 1. The summed E-state index contributed by atoms with van der Waals surface area (Å²) < 4.78 is 32.4. The first-order chi connectivity index (χ1) is 9.92. The molecule has 116 valence electrons. The number of carbonyl (C=O) groups excluding carboxylic acids is 1. The van der Waals surface area contributed by atoms with Crippen LogP contribution in [-0.2, 0) is 4.74 Å². The maximum atomic E-state index is 14.0. The highest BCUT2D eigenvalue weighted by Crippen LogP contribution is 2.23. The largest absolute Gasteiger partial charge is 0.380 e. The minimum atomic E-state index is -1.33. The van der Waals surface area contributed by atoms with E-state index in [4.69, 9.17) is 4.74 Å². The first-order valence-corrected chi connectivity index (χ1v) is 6.42. The summed E-state index contributed by atoms with van der Waals surface area (Å²) in [5.41, 5.74) is -1.71. The van der Waals surface area contributed by atoms with Crippen molar-refractivity contribution >= 4 is 11.6 Å². The van der Waals surface area contributed by atoms with Crippen molar-refractivity contribution in [1.82, 2.24) is 4.90 Å². The van der Waals surface area contributed by atoms with Gasteiger partial charge in [0.05, 0.1) is 23.2 Å². The third kappa shape index (κ3) is 4.19. The van der Waals surface area contributed by atoms with Crippen molar-refractivity contribution in [2.45, 2.75) is 13.8 Å². The average Bonchev–Trinajstić information content (AvgIpc) is 2.45. The van der Waals surface area contributed by atoms with Crippen LogP contribution in [0.25, 0.3) is 0 Å². The molecule has 1 aromatic carbocycles. The fourth-order valence-electron chi connectivity index (χ4n) is 1.76. The van der Waals surface area contributed by atoms with Crippen molar-refractivity contribution < 1.29 is 23.2 Å². The summed E-state index contributed by atoms with van der Waals surface area (Å²) in [6.45, 7) is 4.59. The fraction of sp³-hybridized carbons (Fsp3) is 0.462. The quantitative estimate of drug-likeness (QED) is 0.440. The molecule has 0 aliphatic heterocycles. The summed E-state index contributed by atoms with van der Waals surface area (Å²) >= 11 is 0. The van der Waals surface area contributed by atoms with Gasteiger partial charge in [0.15, 0.2) is 0 Å². The summed E-state index contributed by atoms with van der Waals surface area (Å²) in [4.78, 5) is 23.0. The monoisotopic (exact) mass is 302 g/mol. The van der Waals surface area contributed by atoms with Crippen LogP contribution >= 0.6 is 0 Å². The van der Waals surface area contributed by atoms with Crippen molar-refractivity contribution in [3.05, 3.63) is 39.4 Å². The maximum absolute atomic E-state index is 14.0. The molecular formula is C13H16F2N2O4. The normalized spacial score (nSPS) is 10.5. The van der Waals surface area contributed by atoms with Crippen molar-refractivity contribution in [1.29, 1.82) is 0 Å². The summed E-state index contributed by atoms with van der Waals surface area (Å²) in [5, 5.41) is 10.7. The Bertz CT molecular complexity index is 537. The number of nitrogens with zero attached hydrogens (tertiary/aromatic N) is 2. The van der Waals surface area contributed by atoms with E-state index in [-0.39, 0.29) is 19.7 Å². The van der Waals surface area contributed by atoms with Gasteiger partial charge in [-0.15, -0.1) is 0 Å². The highest BCUT2D eigenvalue weighted by atomic mass is 19.1. The van der Waals surface area contributed by atoms with Crippen LogP contribution < -0.4 is 0 Å². The molecule has 0 bridgehead atoms. The molecule has 0 aromatic heterocycles. The highest BCUT2D eigenvalue weighted by Gasteiger charge is 2.26. The molecule has 0 N–H and O–H groups in total. The standard InChI is InChI=1S/C13H16F2N2O4/c1-3-16(5-6-21-4-2)13(18)10-7-9(14)8-11(12(10)15)17(19)20/h7-8H,3-6H2,1-2H3. The van der Waals surface area contributed by atoms with Crippen molar-refractivity contribution in [3.63, 3.8) is 0 Å². The lowest BCUT2D eigenvalue weighted by Gasteiger charge is -2.21. The molecule has 8 heteroatoms. The Morgan fingerprint density at radius 3 is 2.57 bits per heavy atom. The van der Waals surface area contributed by atoms with Gasteiger partial charge < -0.3 is 9.64 Å². The Kier molecular flexibility index (Phi) is 6.16. The van der Waals surface area contributed by atoms with E-state index >= 15 is 0 Å². The number of halogens is 2. The summed E-state index contributed by atoms with van der Waals surface area (Å²) in [6, 6.07) is 1.11. The molecule has 0 spiro atoms. The van der Waals surface area contributed by atoms with Gasteiger partial charge in [-0.1, -0.05) is 0 Å². The molecule has 1 aromatic rings. The molecular weight excluding hydrogens is 286 g/mol. The summed E-state index contributed by atoms with van der Waals surface area (Å²) in [5.74, 6) is -3.18. The molecule has 6 nitrogen and oxygen atoms in total. The predicted molar refractivity (Wildman–Crippen MR) is 71.1 cm³/mol. The molecule has 1 amide bonds.